The number of ether oxygens (including phenoxy) is 1. The number of aromatic amines is 1. The second-order valence-electron chi connectivity index (χ2n) is 5.60. The summed E-state index contributed by atoms with van der Waals surface area (Å²) < 4.78 is 5.26. The van der Waals surface area contributed by atoms with Gasteiger partial charge in [-0.05, 0) is 43.0 Å². The Bertz CT molecular complexity index is 864. The molecular weight excluding hydrogens is 330 g/mol. The average molecular weight is 346 g/mol. The molecule has 1 aliphatic rings. The van der Waals surface area contributed by atoms with Gasteiger partial charge >= 0.3 is 0 Å². The van der Waals surface area contributed by atoms with E-state index in [-0.39, 0.29) is 0 Å². The van der Waals surface area contributed by atoms with Crippen molar-refractivity contribution in [3.8, 4) is 5.75 Å². The predicted molar refractivity (Wildman–Crippen MR) is 93.4 cm³/mol. The van der Waals surface area contributed by atoms with Crippen LogP contribution in [0.1, 0.15) is 29.3 Å². The van der Waals surface area contributed by atoms with Crippen molar-refractivity contribution >= 4 is 34.4 Å². The van der Waals surface area contributed by atoms with Crippen molar-refractivity contribution in [1.82, 2.24) is 15.0 Å². The first-order valence-corrected chi connectivity index (χ1v) is 8.84. The molecule has 1 unspecified atom stereocenters. The fourth-order valence-electron chi connectivity index (χ4n) is 2.98. The molecule has 4 nitrogen and oxygen atoms in total. The topological polar surface area (TPSA) is 50.8 Å². The van der Waals surface area contributed by atoms with Gasteiger partial charge in [-0.2, -0.15) is 0 Å². The van der Waals surface area contributed by atoms with E-state index in [4.69, 9.17) is 16.3 Å². The van der Waals surface area contributed by atoms with Gasteiger partial charge in [-0.3, -0.25) is 0 Å². The lowest BCUT2D eigenvalue weighted by Gasteiger charge is -2.23. The van der Waals surface area contributed by atoms with Crippen LogP contribution in [0, 0.1) is 0 Å². The zero-order chi connectivity index (χ0) is 15.8. The van der Waals surface area contributed by atoms with Gasteiger partial charge < -0.3 is 9.72 Å². The number of H-pyrrole nitrogens is 1. The third kappa shape index (κ3) is 2.91. The van der Waals surface area contributed by atoms with Crippen LogP contribution in [0.3, 0.4) is 0 Å². The minimum absolute atomic E-state index is 0.292. The molecule has 1 atom stereocenters. The van der Waals surface area contributed by atoms with Gasteiger partial charge in [-0.1, -0.05) is 29.4 Å². The fraction of sp³-hybridized carbons (Fsp3) is 0.294. The van der Waals surface area contributed by atoms with Crippen LogP contribution in [0.5, 0.6) is 5.75 Å². The fourth-order valence-corrected chi connectivity index (χ4v) is 4.32. The van der Waals surface area contributed by atoms with Crippen molar-refractivity contribution in [2.24, 2.45) is 0 Å². The highest BCUT2D eigenvalue weighted by Crippen LogP contribution is 2.42. The van der Waals surface area contributed by atoms with E-state index < -0.39 is 0 Å². The van der Waals surface area contributed by atoms with Gasteiger partial charge in [0.2, 0.25) is 0 Å². The molecule has 0 radical (unpaired) electrons. The van der Waals surface area contributed by atoms with E-state index in [1.165, 1.54) is 12.0 Å². The zero-order valence-electron chi connectivity index (χ0n) is 12.7. The minimum Gasteiger partial charge on any atom is -0.497 e. The highest BCUT2D eigenvalue weighted by molar-refractivity contribution is 7.99. The molecule has 0 saturated heterocycles. The lowest BCUT2D eigenvalue weighted by atomic mass is 9.96. The number of halogens is 1. The Morgan fingerprint density at radius 2 is 2.17 bits per heavy atom. The first kappa shape index (κ1) is 14.8. The Morgan fingerprint density at radius 1 is 1.26 bits per heavy atom. The molecule has 1 aliphatic carbocycles. The predicted octanol–water partition coefficient (Wildman–Crippen LogP) is 4.79. The Kier molecular flexibility index (Phi) is 3.91. The largest absolute Gasteiger partial charge is 0.497 e. The number of aromatic nitrogens is 3. The number of thioether (sulfide) groups is 1. The molecule has 3 aromatic rings. The molecule has 0 bridgehead atoms. The molecule has 6 heteroatoms. The van der Waals surface area contributed by atoms with Gasteiger partial charge in [0.15, 0.2) is 5.16 Å². The summed E-state index contributed by atoms with van der Waals surface area (Å²) in [6.45, 7) is 0. The molecule has 0 aliphatic heterocycles. The molecule has 2 heterocycles. The van der Waals surface area contributed by atoms with Crippen LogP contribution in [-0.4, -0.2) is 22.1 Å². The Balaban J connectivity index is 1.65. The van der Waals surface area contributed by atoms with Crippen molar-refractivity contribution in [2.75, 3.05) is 7.11 Å². The van der Waals surface area contributed by atoms with Crippen molar-refractivity contribution < 1.29 is 4.74 Å². The molecule has 1 aromatic carbocycles. The Hall–Kier alpha value is -1.72. The van der Waals surface area contributed by atoms with E-state index in [1.54, 1.807) is 18.9 Å². The number of pyridine rings is 1. The van der Waals surface area contributed by atoms with Crippen molar-refractivity contribution in [2.45, 2.75) is 29.7 Å². The molecular formula is C17H16ClN3OS. The number of benzene rings is 1. The summed E-state index contributed by atoms with van der Waals surface area (Å²) >= 11 is 7.81. The number of nitrogens with one attached hydrogen (secondary N) is 1. The molecule has 0 saturated carbocycles. The van der Waals surface area contributed by atoms with Gasteiger partial charge in [0.1, 0.15) is 10.9 Å². The number of hydrogen-bond acceptors (Lipinski definition) is 4. The van der Waals surface area contributed by atoms with E-state index in [2.05, 4.69) is 21.0 Å². The second kappa shape index (κ2) is 6.06. The number of hydrogen-bond donors (Lipinski definition) is 1. The normalized spacial score (nSPS) is 17.2. The van der Waals surface area contributed by atoms with Crippen LogP contribution >= 0.6 is 23.4 Å². The molecule has 0 amide bonds. The lowest BCUT2D eigenvalue weighted by molar-refractivity contribution is 0.415. The highest BCUT2D eigenvalue weighted by Gasteiger charge is 2.24. The third-order valence-corrected chi connectivity index (χ3v) is 5.49. The van der Waals surface area contributed by atoms with Crippen molar-refractivity contribution in [1.29, 1.82) is 0 Å². The number of aryl methyl sites for hydroxylation is 1. The van der Waals surface area contributed by atoms with E-state index in [0.717, 1.165) is 40.5 Å². The van der Waals surface area contributed by atoms with E-state index in [0.29, 0.717) is 10.4 Å². The van der Waals surface area contributed by atoms with Crippen molar-refractivity contribution in [3.05, 3.63) is 46.7 Å². The molecule has 118 valence electrons. The van der Waals surface area contributed by atoms with Crippen LogP contribution in [0.25, 0.3) is 11.0 Å². The van der Waals surface area contributed by atoms with E-state index in [1.807, 2.05) is 24.3 Å². The number of rotatable bonds is 3. The standard InChI is InChI=1S/C17H16ClN3OS/c1-22-11-6-7-12-13(9-11)20-17(19-12)23-14-4-2-3-10-5-8-15(18)21-16(10)14/h5-9,14H,2-4H2,1H3,(H,19,20). The molecule has 4 rings (SSSR count). The van der Waals surface area contributed by atoms with Gasteiger partial charge in [0, 0.05) is 6.07 Å². The maximum Gasteiger partial charge on any atom is 0.167 e. The summed E-state index contributed by atoms with van der Waals surface area (Å²) in [5.74, 6) is 0.828. The number of imidazole rings is 1. The lowest BCUT2D eigenvalue weighted by Crippen LogP contribution is -2.09. The number of methoxy groups -OCH3 is 1. The summed E-state index contributed by atoms with van der Waals surface area (Å²) in [7, 11) is 1.67. The third-order valence-electron chi connectivity index (χ3n) is 4.12. The highest BCUT2D eigenvalue weighted by atomic mass is 35.5. The quantitative estimate of drug-likeness (QED) is 0.693. The van der Waals surface area contributed by atoms with Crippen LogP contribution in [0.15, 0.2) is 35.5 Å². The van der Waals surface area contributed by atoms with Gasteiger partial charge in [-0.25, -0.2) is 9.97 Å². The zero-order valence-corrected chi connectivity index (χ0v) is 14.2. The maximum absolute atomic E-state index is 6.08. The molecule has 2 aromatic heterocycles. The van der Waals surface area contributed by atoms with Gasteiger partial charge in [0.25, 0.3) is 0 Å². The van der Waals surface area contributed by atoms with Crippen LogP contribution < -0.4 is 4.74 Å². The monoisotopic (exact) mass is 345 g/mol. The first-order valence-electron chi connectivity index (χ1n) is 7.58. The Morgan fingerprint density at radius 3 is 3.04 bits per heavy atom. The molecule has 23 heavy (non-hydrogen) atoms. The van der Waals surface area contributed by atoms with E-state index >= 15 is 0 Å². The first-order chi connectivity index (χ1) is 11.2. The minimum atomic E-state index is 0.292. The summed E-state index contributed by atoms with van der Waals surface area (Å²) in [5, 5.41) is 1.76. The summed E-state index contributed by atoms with van der Waals surface area (Å²) in [5.41, 5.74) is 4.34. The average Bonchev–Trinajstić information content (AvgIpc) is 2.96. The van der Waals surface area contributed by atoms with Crippen LogP contribution in [-0.2, 0) is 6.42 Å². The smallest absolute Gasteiger partial charge is 0.167 e. The second-order valence-corrected chi connectivity index (χ2v) is 7.18. The SMILES string of the molecule is COc1ccc2nc(SC3CCCc4ccc(Cl)nc43)[nH]c2c1. The van der Waals surface area contributed by atoms with E-state index in [9.17, 15) is 0 Å². The van der Waals surface area contributed by atoms with Gasteiger partial charge in [-0.15, -0.1) is 0 Å². The molecule has 0 fully saturated rings. The summed E-state index contributed by atoms with van der Waals surface area (Å²) in [6.07, 6.45) is 3.33. The van der Waals surface area contributed by atoms with Crippen LogP contribution in [0.2, 0.25) is 5.15 Å². The Labute approximate surface area is 143 Å². The van der Waals surface area contributed by atoms with Crippen LogP contribution in [0.4, 0.5) is 0 Å². The number of fused-ring (bicyclic) bond motifs is 2. The van der Waals surface area contributed by atoms with Gasteiger partial charge in [0.05, 0.1) is 29.1 Å². The molecule has 1 N–H and O–H groups in total. The van der Waals surface area contributed by atoms with Crippen molar-refractivity contribution in [3.63, 3.8) is 0 Å². The maximum atomic E-state index is 6.08. The summed E-state index contributed by atoms with van der Waals surface area (Å²) in [6, 6.07) is 9.84. The number of nitrogens with zero attached hydrogens (tertiary/aromatic N) is 2. The summed E-state index contributed by atoms with van der Waals surface area (Å²) in [4.78, 5) is 12.6. The molecule has 0 spiro atoms.